The first kappa shape index (κ1) is 21.8. The van der Waals surface area contributed by atoms with Crippen LogP contribution in [0.3, 0.4) is 0 Å². The fraction of sp³-hybridized carbons (Fsp3) is 0.565. The number of aliphatic hydroxyl groups excluding tert-OH is 1. The van der Waals surface area contributed by atoms with Crippen LogP contribution in [0.25, 0.3) is 0 Å². The second-order valence-corrected chi connectivity index (χ2v) is 8.63. The molecule has 0 radical (unpaired) electrons. The van der Waals surface area contributed by atoms with Crippen molar-refractivity contribution in [3.63, 3.8) is 0 Å². The molecule has 2 heterocycles. The molecule has 164 valence electrons. The van der Waals surface area contributed by atoms with Crippen LogP contribution in [0.2, 0.25) is 5.02 Å². The average Bonchev–Trinajstić information content (AvgIpc) is 2.76. The molecule has 5 atom stereocenters. The molecule has 30 heavy (non-hydrogen) atoms. The molecule has 0 bridgehead atoms. The number of halogens is 2. The molecule has 1 saturated heterocycles. The highest BCUT2D eigenvalue weighted by molar-refractivity contribution is 6.30. The molecule has 3 N–H and O–H groups in total. The van der Waals surface area contributed by atoms with Crippen molar-refractivity contribution in [3.05, 3.63) is 52.8 Å². The minimum atomic E-state index is -0.318. The maximum atomic E-state index is 14.8. The van der Waals surface area contributed by atoms with E-state index in [1.807, 2.05) is 6.07 Å². The van der Waals surface area contributed by atoms with E-state index in [4.69, 9.17) is 26.2 Å². The van der Waals surface area contributed by atoms with Crippen molar-refractivity contribution in [1.29, 1.82) is 0 Å². The number of anilines is 1. The Morgan fingerprint density at radius 2 is 2.17 bits per heavy atom. The smallest absolute Gasteiger partial charge is 0.148 e. The summed E-state index contributed by atoms with van der Waals surface area (Å²) in [7, 11) is 0. The molecule has 0 saturated carbocycles. The molecule has 0 amide bonds. The normalized spacial score (nSPS) is 29.9. The van der Waals surface area contributed by atoms with Crippen molar-refractivity contribution >= 4 is 17.3 Å². The first-order chi connectivity index (χ1) is 14.7. The summed E-state index contributed by atoms with van der Waals surface area (Å²) < 4.78 is 26.6. The van der Waals surface area contributed by atoms with Gasteiger partial charge in [0.2, 0.25) is 0 Å². The van der Waals surface area contributed by atoms with E-state index < -0.39 is 0 Å². The molecule has 0 spiro atoms. The Hall–Kier alpha value is -1.44. The van der Waals surface area contributed by atoms with Crippen LogP contribution < -0.4 is 10.6 Å². The van der Waals surface area contributed by atoms with Gasteiger partial charge in [-0.15, -0.1) is 0 Å². The second-order valence-electron chi connectivity index (χ2n) is 8.19. The molecule has 1 aromatic carbocycles. The Labute approximate surface area is 182 Å². The van der Waals surface area contributed by atoms with Gasteiger partial charge in [0.1, 0.15) is 5.82 Å². The standard InChI is InChI=1S/C23H30ClFN2O3/c24-16-12-19-22(20(25)13-16)27-21(15-4-2-1-3-5-15)18-7-6-17(30-23(18)19)14-26-8-10-29-11-9-28/h1-4,12-13,15,17-18,21,23,26-28H,5-11,14H2/t15?,17-,18+,21+,23+/m1/s1. The van der Waals surface area contributed by atoms with E-state index in [-0.39, 0.29) is 36.6 Å². The van der Waals surface area contributed by atoms with Gasteiger partial charge in [0, 0.05) is 41.6 Å². The van der Waals surface area contributed by atoms with Crippen LogP contribution in [-0.2, 0) is 9.47 Å². The summed E-state index contributed by atoms with van der Waals surface area (Å²) in [5.41, 5.74) is 1.35. The van der Waals surface area contributed by atoms with Crippen molar-refractivity contribution in [2.45, 2.75) is 37.5 Å². The van der Waals surface area contributed by atoms with E-state index in [1.165, 1.54) is 6.07 Å². The highest BCUT2D eigenvalue weighted by Crippen LogP contribution is 2.49. The maximum Gasteiger partial charge on any atom is 0.148 e. The van der Waals surface area contributed by atoms with Gasteiger partial charge in [0.05, 0.1) is 37.7 Å². The predicted octanol–water partition coefficient (Wildman–Crippen LogP) is 3.84. The van der Waals surface area contributed by atoms with Gasteiger partial charge in [-0.3, -0.25) is 0 Å². The van der Waals surface area contributed by atoms with Crippen molar-refractivity contribution in [2.75, 3.05) is 38.2 Å². The van der Waals surface area contributed by atoms with E-state index in [0.29, 0.717) is 42.9 Å². The Balaban J connectivity index is 1.48. The summed E-state index contributed by atoms with van der Waals surface area (Å²) in [6.45, 7) is 2.36. The van der Waals surface area contributed by atoms with Crippen LogP contribution >= 0.6 is 11.6 Å². The molecule has 3 aliphatic rings. The number of nitrogens with one attached hydrogen (secondary N) is 2. The van der Waals surface area contributed by atoms with Crippen molar-refractivity contribution in [2.24, 2.45) is 11.8 Å². The van der Waals surface area contributed by atoms with Crippen LogP contribution in [0.5, 0.6) is 0 Å². The Morgan fingerprint density at radius 3 is 2.97 bits per heavy atom. The third-order valence-electron chi connectivity index (χ3n) is 6.22. The zero-order valence-electron chi connectivity index (χ0n) is 17.0. The number of allylic oxidation sites excluding steroid dienone is 3. The number of fused-ring (bicyclic) bond motifs is 3. The lowest BCUT2D eigenvalue weighted by Gasteiger charge is -2.47. The Bertz CT molecular complexity index is 788. The topological polar surface area (TPSA) is 62.8 Å². The lowest BCUT2D eigenvalue weighted by atomic mass is 9.73. The first-order valence-corrected chi connectivity index (χ1v) is 11.2. The molecule has 4 rings (SSSR count). The lowest BCUT2D eigenvalue weighted by Crippen LogP contribution is -2.48. The van der Waals surface area contributed by atoms with E-state index in [9.17, 15) is 4.39 Å². The molecule has 5 nitrogen and oxygen atoms in total. The first-order valence-electron chi connectivity index (χ1n) is 10.8. The summed E-state index contributed by atoms with van der Waals surface area (Å²) >= 11 is 6.19. The molecule has 2 aliphatic heterocycles. The minimum absolute atomic E-state index is 0.0362. The second kappa shape index (κ2) is 10.2. The van der Waals surface area contributed by atoms with E-state index in [0.717, 1.165) is 24.8 Å². The third-order valence-corrected chi connectivity index (χ3v) is 6.44. The van der Waals surface area contributed by atoms with Crippen molar-refractivity contribution in [3.8, 4) is 0 Å². The molecule has 7 heteroatoms. The van der Waals surface area contributed by atoms with Gasteiger partial charge in [-0.05, 0) is 31.4 Å². The van der Waals surface area contributed by atoms with Gasteiger partial charge in [-0.2, -0.15) is 0 Å². The Morgan fingerprint density at radius 1 is 1.27 bits per heavy atom. The van der Waals surface area contributed by atoms with Crippen molar-refractivity contribution < 1.29 is 19.0 Å². The zero-order chi connectivity index (χ0) is 20.9. The molecular weight excluding hydrogens is 407 g/mol. The van der Waals surface area contributed by atoms with Gasteiger partial charge >= 0.3 is 0 Å². The summed E-state index contributed by atoms with van der Waals surface area (Å²) in [5.74, 6) is 0.259. The third kappa shape index (κ3) is 4.89. The summed E-state index contributed by atoms with van der Waals surface area (Å²) in [5, 5.41) is 16.0. The monoisotopic (exact) mass is 436 g/mol. The van der Waals surface area contributed by atoms with Gasteiger partial charge in [-0.1, -0.05) is 35.9 Å². The quantitative estimate of drug-likeness (QED) is 0.540. The van der Waals surface area contributed by atoms with Crippen LogP contribution in [0, 0.1) is 17.7 Å². The van der Waals surface area contributed by atoms with Gasteiger partial charge < -0.3 is 25.2 Å². The number of rotatable bonds is 8. The Kier molecular flexibility index (Phi) is 7.44. The largest absolute Gasteiger partial charge is 0.394 e. The highest BCUT2D eigenvalue weighted by atomic mass is 35.5. The maximum absolute atomic E-state index is 14.8. The zero-order valence-corrected chi connectivity index (χ0v) is 17.8. The van der Waals surface area contributed by atoms with Crippen LogP contribution in [-0.4, -0.2) is 50.2 Å². The van der Waals surface area contributed by atoms with E-state index >= 15 is 0 Å². The van der Waals surface area contributed by atoms with Crippen molar-refractivity contribution in [1.82, 2.24) is 5.32 Å². The summed E-state index contributed by atoms with van der Waals surface area (Å²) in [4.78, 5) is 0. The minimum Gasteiger partial charge on any atom is -0.394 e. The number of benzene rings is 1. The number of hydrogen-bond acceptors (Lipinski definition) is 5. The number of ether oxygens (including phenoxy) is 2. The summed E-state index contributed by atoms with van der Waals surface area (Å²) in [6, 6.07) is 3.34. The van der Waals surface area contributed by atoms with Gasteiger partial charge in [-0.25, -0.2) is 4.39 Å². The fourth-order valence-electron chi connectivity index (χ4n) is 4.84. The summed E-state index contributed by atoms with van der Waals surface area (Å²) in [6.07, 6.45) is 11.3. The highest BCUT2D eigenvalue weighted by Gasteiger charge is 2.44. The predicted molar refractivity (Wildman–Crippen MR) is 116 cm³/mol. The molecular formula is C23H30ClFN2O3. The fourth-order valence-corrected chi connectivity index (χ4v) is 5.05. The molecule has 1 aromatic rings. The number of hydrogen-bond donors (Lipinski definition) is 3. The number of aliphatic hydroxyl groups is 1. The van der Waals surface area contributed by atoms with Gasteiger partial charge in [0.15, 0.2) is 0 Å². The van der Waals surface area contributed by atoms with E-state index in [1.54, 1.807) is 0 Å². The van der Waals surface area contributed by atoms with E-state index in [2.05, 4.69) is 34.9 Å². The molecule has 1 aliphatic carbocycles. The molecule has 0 aromatic heterocycles. The van der Waals surface area contributed by atoms with Gasteiger partial charge in [0.25, 0.3) is 0 Å². The molecule has 1 fully saturated rings. The van der Waals surface area contributed by atoms with Crippen LogP contribution in [0.1, 0.15) is 30.9 Å². The van der Waals surface area contributed by atoms with Crippen LogP contribution in [0.15, 0.2) is 36.4 Å². The SMILES string of the molecule is OCCOCCNC[C@H]1CC[C@@H]2[C@H](O1)c1cc(Cl)cc(F)c1N[C@H]2C1C=CC=CC1. The molecule has 1 unspecified atom stereocenters. The van der Waals surface area contributed by atoms with Crippen LogP contribution in [0.4, 0.5) is 10.1 Å². The average molecular weight is 437 g/mol. The lowest BCUT2D eigenvalue weighted by molar-refractivity contribution is -0.0943.